The third-order valence-electron chi connectivity index (χ3n) is 5.03. The average Bonchev–Trinajstić information content (AvgIpc) is 2.75. The lowest BCUT2D eigenvalue weighted by atomic mass is 10.0. The first-order chi connectivity index (χ1) is 14.9. The maximum Gasteiger partial charge on any atom is 0.161 e. The van der Waals surface area contributed by atoms with Gasteiger partial charge in [-0.3, -0.25) is 4.98 Å². The van der Waals surface area contributed by atoms with E-state index in [-0.39, 0.29) is 5.75 Å². The monoisotopic (exact) mass is 418 g/mol. The fourth-order valence-corrected chi connectivity index (χ4v) is 3.28. The van der Waals surface area contributed by atoms with Crippen molar-refractivity contribution < 1.29 is 19.0 Å². The summed E-state index contributed by atoms with van der Waals surface area (Å²) in [5, 5.41) is 13.7. The summed E-state index contributed by atoms with van der Waals surface area (Å²) in [5.41, 5.74) is 2.93. The van der Waals surface area contributed by atoms with Crippen molar-refractivity contribution in [3.05, 3.63) is 78.2 Å². The molecule has 0 atom stereocenters. The fourth-order valence-electron chi connectivity index (χ4n) is 3.28. The molecule has 0 fully saturated rings. The van der Waals surface area contributed by atoms with Gasteiger partial charge in [0, 0.05) is 29.4 Å². The number of pyridine rings is 1. The van der Waals surface area contributed by atoms with Gasteiger partial charge >= 0.3 is 0 Å². The molecule has 1 heterocycles. The Morgan fingerprint density at radius 3 is 2.42 bits per heavy atom. The second kappa shape index (κ2) is 8.52. The number of fused-ring (bicyclic) bond motifs is 1. The number of phenols is 1. The Morgan fingerprint density at radius 1 is 0.968 bits per heavy atom. The van der Waals surface area contributed by atoms with Gasteiger partial charge in [-0.05, 0) is 47.9 Å². The SMILES string of the molecule is COc1cc2c(Oc3ccc(Nc4ccc(C(C)C)cc4)c(F)c3)ccnc2cc1O. The molecule has 0 radical (unpaired) electrons. The van der Waals surface area contributed by atoms with Crippen molar-refractivity contribution in [3.8, 4) is 23.0 Å². The van der Waals surface area contributed by atoms with E-state index in [1.165, 1.54) is 24.8 Å². The molecule has 158 valence electrons. The molecule has 31 heavy (non-hydrogen) atoms. The topological polar surface area (TPSA) is 63.6 Å². The number of aromatic hydroxyl groups is 1. The van der Waals surface area contributed by atoms with E-state index in [4.69, 9.17) is 9.47 Å². The molecule has 0 unspecified atom stereocenters. The van der Waals surface area contributed by atoms with E-state index in [1.54, 1.807) is 30.5 Å². The first-order valence-electron chi connectivity index (χ1n) is 9.94. The van der Waals surface area contributed by atoms with Crippen molar-refractivity contribution >= 4 is 22.3 Å². The second-order valence-electron chi connectivity index (χ2n) is 7.50. The Kier molecular flexibility index (Phi) is 5.62. The lowest BCUT2D eigenvalue weighted by Crippen LogP contribution is -1.96. The lowest BCUT2D eigenvalue weighted by molar-refractivity contribution is 0.374. The predicted octanol–water partition coefficient (Wildman–Crippen LogP) is 6.75. The van der Waals surface area contributed by atoms with E-state index in [0.29, 0.717) is 39.8 Å². The van der Waals surface area contributed by atoms with Crippen LogP contribution in [0.1, 0.15) is 25.3 Å². The number of ether oxygens (including phenoxy) is 2. The zero-order valence-electron chi connectivity index (χ0n) is 17.5. The Labute approximate surface area is 180 Å². The van der Waals surface area contributed by atoms with Crippen molar-refractivity contribution in [1.82, 2.24) is 4.98 Å². The van der Waals surface area contributed by atoms with Crippen LogP contribution in [0.15, 0.2) is 66.9 Å². The molecule has 0 saturated carbocycles. The van der Waals surface area contributed by atoms with Gasteiger partial charge < -0.3 is 19.9 Å². The van der Waals surface area contributed by atoms with Crippen LogP contribution in [0, 0.1) is 5.82 Å². The highest BCUT2D eigenvalue weighted by atomic mass is 19.1. The molecular formula is C25H23FN2O3. The number of methoxy groups -OCH3 is 1. The van der Waals surface area contributed by atoms with Gasteiger partial charge in [-0.15, -0.1) is 0 Å². The van der Waals surface area contributed by atoms with E-state index in [9.17, 15) is 9.50 Å². The Bertz CT molecular complexity index is 1220. The number of hydrogen-bond donors (Lipinski definition) is 2. The summed E-state index contributed by atoms with van der Waals surface area (Å²) in [7, 11) is 1.47. The van der Waals surface area contributed by atoms with Gasteiger partial charge in [-0.1, -0.05) is 26.0 Å². The summed E-state index contributed by atoms with van der Waals surface area (Å²) < 4.78 is 25.8. The van der Waals surface area contributed by atoms with E-state index in [1.807, 2.05) is 24.3 Å². The van der Waals surface area contributed by atoms with Gasteiger partial charge in [0.2, 0.25) is 0 Å². The summed E-state index contributed by atoms with van der Waals surface area (Å²) in [5.74, 6) is 1.13. The van der Waals surface area contributed by atoms with E-state index >= 15 is 0 Å². The summed E-state index contributed by atoms with van der Waals surface area (Å²) in [6.45, 7) is 4.26. The normalized spacial score (nSPS) is 11.0. The third kappa shape index (κ3) is 4.38. The van der Waals surface area contributed by atoms with Crippen LogP contribution in [0.2, 0.25) is 0 Å². The summed E-state index contributed by atoms with van der Waals surface area (Å²) in [6, 6.07) is 17.4. The van der Waals surface area contributed by atoms with Crippen LogP contribution >= 0.6 is 0 Å². The van der Waals surface area contributed by atoms with Gasteiger partial charge in [-0.2, -0.15) is 0 Å². The number of nitrogens with one attached hydrogen (secondary N) is 1. The maximum atomic E-state index is 14.7. The number of nitrogens with zero attached hydrogens (tertiary/aromatic N) is 1. The highest BCUT2D eigenvalue weighted by Gasteiger charge is 2.12. The number of aromatic nitrogens is 1. The largest absolute Gasteiger partial charge is 0.504 e. The number of anilines is 2. The maximum absolute atomic E-state index is 14.7. The number of rotatable bonds is 6. The summed E-state index contributed by atoms with van der Waals surface area (Å²) >= 11 is 0. The van der Waals surface area contributed by atoms with Crippen LogP contribution in [-0.2, 0) is 0 Å². The van der Waals surface area contributed by atoms with Gasteiger partial charge in [0.05, 0.1) is 18.3 Å². The molecule has 0 aliphatic rings. The van der Waals surface area contributed by atoms with Gasteiger partial charge in [0.1, 0.15) is 17.3 Å². The molecule has 5 nitrogen and oxygen atoms in total. The third-order valence-corrected chi connectivity index (χ3v) is 5.03. The van der Waals surface area contributed by atoms with Crippen LogP contribution in [-0.4, -0.2) is 17.2 Å². The van der Waals surface area contributed by atoms with Crippen LogP contribution in [0.3, 0.4) is 0 Å². The van der Waals surface area contributed by atoms with Crippen molar-refractivity contribution in [3.63, 3.8) is 0 Å². The van der Waals surface area contributed by atoms with Crippen molar-refractivity contribution in [2.75, 3.05) is 12.4 Å². The smallest absolute Gasteiger partial charge is 0.161 e. The quantitative estimate of drug-likeness (QED) is 0.363. The standard InChI is InChI=1S/C25H23FN2O3/c1-15(2)16-4-6-17(7-5-16)28-21-9-8-18(12-20(21)26)31-24-10-11-27-22-14-23(29)25(30-3)13-19(22)24/h4-15,28-29H,1-3H3. The van der Waals surface area contributed by atoms with Crippen molar-refractivity contribution in [2.45, 2.75) is 19.8 Å². The first-order valence-corrected chi connectivity index (χ1v) is 9.94. The zero-order chi connectivity index (χ0) is 22.0. The fraction of sp³-hybridized carbons (Fsp3) is 0.160. The van der Waals surface area contributed by atoms with Gasteiger partial charge in [0.15, 0.2) is 11.5 Å². The first kappa shape index (κ1) is 20.5. The molecule has 2 N–H and O–H groups in total. The predicted molar refractivity (Wildman–Crippen MR) is 120 cm³/mol. The molecule has 4 rings (SSSR count). The van der Waals surface area contributed by atoms with E-state index < -0.39 is 5.82 Å². The molecule has 3 aromatic carbocycles. The Morgan fingerprint density at radius 2 is 1.74 bits per heavy atom. The highest BCUT2D eigenvalue weighted by molar-refractivity contribution is 5.88. The van der Waals surface area contributed by atoms with Crippen molar-refractivity contribution in [1.29, 1.82) is 0 Å². The Balaban J connectivity index is 1.57. The molecule has 0 aliphatic heterocycles. The summed E-state index contributed by atoms with van der Waals surface area (Å²) in [6.07, 6.45) is 1.57. The minimum Gasteiger partial charge on any atom is -0.504 e. The molecule has 0 amide bonds. The summed E-state index contributed by atoms with van der Waals surface area (Å²) in [4.78, 5) is 4.24. The number of phenolic OH excluding ortho intramolecular Hbond substituents is 1. The highest BCUT2D eigenvalue weighted by Crippen LogP contribution is 2.37. The van der Waals surface area contributed by atoms with Crippen LogP contribution < -0.4 is 14.8 Å². The number of benzene rings is 3. The molecular weight excluding hydrogens is 395 g/mol. The van der Waals surface area contributed by atoms with Crippen molar-refractivity contribution in [2.24, 2.45) is 0 Å². The minimum absolute atomic E-state index is 0.0115. The number of hydrogen-bond acceptors (Lipinski definition) is 5. The molecule has 6 heteroatoms. The van der Waals surface area contributed by atoms with E-state index in [0.717, 1.165) is 5.69 Å². The molecule has 0 bridgehead atoms. The van der Waals surface area contributed by atoms with E-state index in [2.05, 4.69) is 24.1 Å². The van der Waals surface area contributed by atoms with Gasteiger partial charge in [0.25, 0.3) is 0 Å². The molecule has 0 spiro atoms. The molecule has 0 aliphatic carbocycles. The second-order valence-corrected chi connectivity index (χ2v) is 7.50. The van der Waals surface area contributed by atoms with Crippen LogP contribution in [0.5, 0.6) is 23.0 Å². The number of halogens is 1. The average molecular weight is 418 g/mol. The lowest BCUT2D eigenvalue weighted by Gasteiger charge is -2.13. The molecule has 4 aromatic rings. The van der Waals surface area contributed by atoms with Crippen LogP contribution in [0.25, 0.3) is 10.9 Å². The minimum atomic E-state index is -0.431. The zero-order valence-corrected chi connectivity index (χ0v) is 17.5. The van der Waals surface area contributed by atoms with Gasteiger partial charge in [-0.25, -0.2) is 4.39 Å². The molecule has 1 aromatic heterocycles. The Hall–Kier alpha value is -3.80. The molecule has 0 saturated heterocycles. The van der Waals surface area contributed by atoms with Crippen LogP contribution in [0.4, 0.5) is 15.8 Å².